The Morgan fingerprint density at radius 2 is 2.21 bits per heavy atom. The van der Waals surface area contributed by atoms with Gasteiger partial charge in [0.25, 0.3) is 5.69 Å². The molecule has 2 bridgehead atoms. The van der Waals surface area contributed by atoms with E-state index in [0.717, 1.165) is 19.4 Å². The van der Waals surface area contributed by atoms with Crippen molar-refractivity contribution in [3.8, 4) is 0 Å². The van der Waals surface area contributed by atoms with Crippen LogP contribution in [-0.4, -0.2) is 28.6 Å². The lowest BCUT2D eigenvalue weighted by atomic mass is 10.1. The van der Waals surface area contributed by atoms with E-state index in [9.17, 15) is 20.0 Å². The molecule has 100 valence electrons. The fourth-order valence-corrected chi connectivity index (χ4v) is 3.27. The molecular weight excluding hydrogens is 248 g/mol. The lowest BCUT2D eigenvalue weighted by Crippen LogP contribution is -2.33. The number of anilines is 1. The molecule has 6 nitrogen and oxygen atoms in total. The fourth-order valence-electron chi connectivity index (χ4n) is 3.27. The summed E-state index contributed by atoms with van der Waals surface area (Å²) in [6.45, 7) is 0.812. The highest BCUT2D eigenvalue weighted by molar-refractivity contribution is 5.95. The predicted molar refractivity (Wildman–Crippen MR) is 68.5 cm³/mol. The largest absolute Gasteiger partial charge is 0.478 e. The van der Waals surface area contributed by atoms with Crippen molar-refractivity contribution in [2.75, 3.05) is 11.4 Å². The Hall–Kier alpha value is -2.11. The topological polar surface area (TPSA) is 83.7 Å². The molecular formula is C13H14N2O4. The Morgan fingerprint density at radius 1 is 1.42 bits per heavy atom. The molecule has 1 N–H and O–H groups in total. The van der Waals surface area contributed by atoms with E-state index >= 15 is 0 Å². The molecule has 1 heterocycles. The monoisotopic (exact) mass is 262 g/mol. The maximum Gasteiger partial charge on any atom is 0.337 e. The average molecular weight is 262 g/mol. The minimum Gasteiger partial charge on any atom is -0.478 e. The number of non-ortho nitro benzene ring substituents is 1. The van der Waals surface area contributed by atoms with E-state index in [1.807, 2.05) is 4.90 Å². The summed E-state index contributed by atoms with van der Waals surface area (Å²) in [4.78, 5) is 23.7. The van der Waals surface area contributed by atoms with Gasteiger partial charge in [0.1, 0.15) is 0 Å². The zero-order valence-electron chi connectivity index (χ0n) is 10.3. The van der Waals surface area contributed by atoms with Crippen LogP contribution in [0.2, 0.25) is 0 Å². The molecule has 0 spiro atoms. The number of piperidine rings is 1. The molecule has 0 aromatic heterocycles. The van der Waals surface area contributed by atoms with Crippen molar-refractivity contribution in [1.82, 2.24) is 0 Å². The first-order chi connectivity index (χ1) is 9.06. The summed E-state index contributed by atoms with van der Waals surface area (Å²) in [5.41, 5.74) is 0.592. The lowest BCUT2D eigenvalue weighted by Gasteiger charge is -2.30. The van der Waals surface area contributed by atoms with Gasteiger partial charge in [-0.2, -0.15) is 0 Å². The highest BCUT2D eigenvalue weighted by Crippen LogP contribution is 2.42. The minimum atomic E-state index is -1.03. The second-order valence-electron chi connectivity index (χ2n) is 5.25. The van der Waals surface area contributed by atoms with Crippen molar-refractivity contribution in [2.45, 2.75) is 25.3 Å². The minimum absolute atomic E-state index is 0.0530. The molecule has 3 rings (SSSR count). The van der Waals surface area contributed by atoms with E-state index in [-0.39, 0.29) is 11.3 Å². The third kappa shape index (κ3) is 1.93. The van der Waals surface area contributed by atoms with Crippen LogP contribution >= 0.6 is 0 Å². The first-order valence-corrected chi connectivity index (χ1v) is 6.34. The van der Waals surface area contributed by atoms with Crippen LogP contribution in [-0.2, 0) is 0 Å². The zero-order valence-corrected chi connectivity index (χ0v) is 10.3. The number of benzene rings is 1. The van der Waals surface area contributed by atoms with E-state index < -0.39 is 10.9 Å². The lowest BCUT2D eigenvalue weighted by molar-refractivity contribution is -0.384. The van der Waals surface area contributed by atoms with Crippen molar-refractivity contribution in [2.24, 2.45) is 5.92 Å². The van der Waals surface area contributed by atoms with Crippen molar-refractivity contribution in [3.63, 3.8) is 0 Å². The number of carboxylic acid groups (broad SMARTS) is 1. The van der Waals surface area contributed by atoms with Crippen LogP contribution < -0.4 is 4.90 Å². The first-order valence-electron chi connectivity index (χ1n) is 6.34. The number of nitrogens with zero attached hydrogens (tertiary/aromatic N) is 2. The van der Waals surface area contributed by atoms with E-state index in [2.05, 4.69) is 0 Å². The average Bonchev–Trinajstić information content (AvgIpc) is 3.00. The van der Waals surface area contributed by atoms with Crippen LogP contribution in [0.15, 0.2) is 18.2 Å². The molecule has 1 aromatic rings. The maximum absolute atomic E-state index is 11.3. The van der Waals surface area contributed by atoms with Crippen LogP contribution in [0.25, 0.3) is 0 Å². The Bertz CT molecular complexity index is 558. The maximum atomic E-state index is 11.3. The molecule has 1 aliphatic heterocycles. The van der Waals surface area contributed by atoms with Gasteiger partial charge in [-0.1, -0.05) is 0 Å². The highest BCUT2D eigenvalue weighted by atomic mass is 16.6. The van der Waals surface area contributed by atoms with Gasteiger partial charge in [0.2, 0.25) is 0 Å². The van der Waals surface area contributed by atoms with E-state index in [0.29, 0.717) is 17.6 Å². The summed E-state index contributed by atoms with van der Waals surface area (Å²) in [5.74, 6) is -0.432. The molecule has 0 radical (unpaired) electrons. The van der Waals surface area contributed by atoms with Gasteiger partial charge in [-0.25, -0.2) is 4.79 Å². The van der Waals surface area contributed by atoms with E-state index in [1.165, 1.54) is 24.6 Å². The molecule has 1 aromatic carbocycles. The van der Waals surface area contributed by atoms with Gasteiger partial charge in [-0.05, 0) is 31.2 Å². The Labute approximate surface area is 109 Å². The molecule has 2 fully saturated rings. The van der Waals surface area contributed by atoms with Crippen molar-refractivity contribution in [1.29, 1.82) is 0 Å². The van der Waals surface area contributed by atoms with Crippen LogP contribution in [0.3, 0.4) is 0 Å². The normalized spacial score (nSPS) is 24.7. The van der Waals surface area contributed by atoms with E-state index in [1.54, 1.807) is 0 Å². The molecule has 0 amide bonds. The smallest absolute Gasteiger partial charge is 0.337 e. The number of rotatable bonds is 3. The van der Waals surface area contributed by atoms with Gasteiger partial charge >= 0.3 is 5.97 Å². The number of carbonyl (C=O) groups is 1. The number of nitro benzene ring substituents is 1. The second kappa shape index (κ2) is 4.22. The fraction of sp³-hybridized carbons (Fsp3) is 0.462. The summed E-state index contributed by atoms with van der Waals surface area (Å²) in [6.07, 6.45) is 3.30. The number of aromatic carboxylic acids is 1. The number of hydrogen-bond acceptors (Lipinski definition) is 4. The van der Waals surface area contributed by atoms with Crippen molar-refractivity contribution < 1.29 is 14.8 Å². The molecule has 2 aliphatic rings. The van der Waals surface area contributed by atoms with Crippen LogP contribution in [0.5, 0.6) is 0 Å². The zero-order chi connectivity index (χ0) is 13.6. The third-order valence-corrected chi connectivity index (χ3v) is 4.14. The molecule has 1 saturated carbocycles. The summed E-state index contributed by atoms with van der Waals surface area (Å²) in [5, 5.41) is 20.1. The van der Waals surface area contributed by atoms with E-state index in [4.69, 9.17) is 0 Å². The quantitative estimate of drug-likeness (QED) is 0.667. The van der Waals surface area contributed by atoms with Gasteiger partial charge in [0, 0.05) is 24.7 Å². The Morgan fingerprint density at radius 3 is 2.74 bits per heavy atom. The SMILES string of the molecule is O=C(O)c1ccc([N+](=O)[O-])cc1N1CC2CCC1C2. The number of hydrogen-bond donors (Lipinski definition) is 1. The van der Waals surface area contributed by atoms with Crippen molar-refractivity contribution in [3.05, 3.63) is 33.9 Å². The van der Waals surface area contributed by atoms with Crippen LogP contribution in [0.1, 0.15) is 29.6 Å². The van der Waals surface area contributed by atoms with Crippen LogP contribution in [0, 0.1) is 16.0 Å². The number of nitro groups is 1. The van der Waals surface area contributed by atoms with Gasteiger partial charge in [0.05, 0.1) is 16.2 Å². The molecule has 6 heteroatoms. The van der Waals surface area contributed by atoms with Crippen molar-refractivity contribution >= 4 is 17.3 Å². The third-order valence-electron chi connectivity index (χ3n) is 4.14. The first kappa shape index (κ1) is 12.0. The van der Waals surface area contributed by atoms with Gasteiger partial charge in [-0.15, -0.1) is 0 Å². The Kier molecular flexibility index (Phi) is 2.66. The standard InChI is InChI=1S/C13H14N2O4/c16-13(17)11-4-3-10(15(18)19)6-12(11)14-7-8-1-2-9(14)5-8/h3-4,6,8-9H,1-2,5,7H2,(H,16,17). The molecule has 1 saturated heterocycles. The van der Waals surface area contributed by atoms with Crippen LogP contribution in [0.4, 0.5) is 11.4 Å². The summed E-state index contributed by atoms with van der Waals surface area (Å²) >= 11 is 0. The molecule has 2 unspecified atom stereocenters. The van der Waals surface area contributed by atoms with Gasteiger partial charge < -0.3 is 10.0 Å². The number of carboxylic acids is 1. The highest BCUT2D eigenvalue weighted by Gasteiger charge is 2.39. The summed E-state index contributed by atoms with van der Waals surface area (Å²) in [6, 6.07) is 4.32. The second-order valence-corrected chi connectivity index (χ2v) is 5.25. The number of fused-ring (bicyclic) bond motifs is 2. The molecule has 1 aliphatic carbocycles. The predicted octanol–water partition coefficient (Wildman–Crippen LogP) is 2.28. The molecule has 2 atom stereocenters. The molecule has 19 heavy (non-hydrogen) atoms. The summed E-state index contributed by atoms with van der Waals surface area (Å²) < 4.78 is 0. The Balaban J connectivity index is 2.04. The van der Waals surface area contributed by atoms with Gasteiger partial charge in [-0.3, -0.25) is 10.1 Å². The summed E-state index contributed by atoms with van der Waals surface area (Å²) in [7, 11) is 0. The van der Waals surface area contributed by atoms with Gasteiger partial charge in [0.15, 0.2) is 0 Å².